The van der Waals surface area contributed by atoms with Gasteiger partial charge in [0.25, 0.3) is 5.91 Å². The van der Waals surface area contributed by atoms with Crippen molar-refractivity contribution in [3.8, 4) is 0 Å². The molecule has 0 aliphatic heterocycles. The Hall–Kier alpha value is -3.84. The summed E-state index contributed by atoms with van der Waals surface area (Å²) in [6.45, 7) is 9.20. The Morgan fingerprint density at radius 3 is 2.26 bits per heavy atom. The van der Waals surface area contributed by atoms with Crippen LogP contribution >= 0.6 is 11.3 Å². The predicted octanol–water partition coefficient (Wildman–Crippen LogP) is 6.50. The van der Waals surface area contributed by atoms with E-state index in [1.807, 2.05) is 88.4 Å². The van der Waals surface area contributed by atoms with Gasteiger partial charge in [0.1, 0.15) is 12.1 Å². The van der Waals surface area contributed by atoms with Gasteiger partial charge in [-0.05, 0) is 47.1 Å². The molecule has 2 amide bonds. The van der Waals surface area contributed by atoms with Crippen molar-refractivity contribution in [2.24, 2.45) is 11.3 Å². The Kier molecular flexibility index (Phi) is 11.8. The largest absolute Gasteiger partial charge is 0.443 e. The number of ether oxygens (including phenoxy) is 1. The zero-order chi connectivity index (χ0) is 34.2. The number of carbonyl (C=O) groups is 2. The minimum Gasteiger partial charge on any atom is -0.443 e. The highest BCUT2D eigenvalue weighted by atomic mass is 32.2. The van der Waals surface area contributed by atoms with Crippen LogP contribution in [0.3, 0.4) is 0 Å². The van der Waals surface area contributed by atoms with Crippen LogP contribution in [0.5, 0.6) is 0 Å². The molecule has 4 rings (SSSR count). The van der Waals surface area contributed by atoms with E-state index in [1.165, 1.54) is 16.3 Å². The van der Waals surface area contributed by atoms with Gasteiger partial charge in [0.15, 0.2) is 9.84 Å². The maximum Gasteiger partial charge on any atom is 0.426 e. The molecule has 252 valence electrons. The highest BCUT2D eigenvalue weighted by Gasteiger charge is 2.55. The smallest absolute Gasteiger partial charge is 0.426 e. The third-order valence-corrected chi connectivity index (χ3v) is 10.9. The summed E-state index contributed by atoms with van der Waals surface area (Å²) in [5.74, 6) is -1.37. The van der Waals surface area contributed by atoms with Crippen molar-refractivity contribution >= 4 is 43.4 Å². The first-order valence-corrected chi connectivity index (χ1v) is 18.2. The summed E-state index contributed by atoms with van der Waals surface area (Å²) >= 11 is 1.37. The number of amides is 2. The summed E-state index contributed by atoms with van der Waals surface area (Å²) in [6.07, 6.45) is -0.199. The molecule has 3 aromatic carbocycles. The van der Waals surface area contributed by atoms with Gasteiger partial charge in [0.05, 0.1) is 26.4 Å². The molecular weight excluding hydrogens is 637 g/mol. The predicted molar refractivity (Wildman–Crippen MR) is 183 cm³/mol. The van der Waals surface area contributed by atoms with Crippen molar-refractivity contribution < 1.29 is 28.0 Å². The monoisotopic (exact) mass is 680 g/mol. The number of hydrogen-bond acceptors (Lipinski definition) is 9. The van der Waals surface area contributed by atoms with Crippen LogP contribution in [-0.4, -0.2) is 65.1 Å². The van der Waals surface area contributed by atoms with E-state index in [4.69, 9.17) is 4.74 Å². The molecule has 0 bridgehead atoms. The molecule has 0 fully saturated rings. The first-order chi connectivity index (χ1) is 22.3. The van der Waals surface area contributed by atoms with E-state index in [2.05, 4.69) is 10.4 Å². The topological polar surface area (TPSA) is 129 Å². The molecular formula is C35H44N4O6S2. The van der Waals surface area contributed by atoms with Crippen LogP contribution in [-0.2, 0) is 32.4 Å². The van der Waals surface area contributed by atoms with E-state index in [1.54, 1.807) is 30.6 Å². The second kappa shape index (κ2) is 15.4. The molecule has 47 heavy (non-hydrogen) atoms. The quantitative estimate of drug-likeness (QED) is 0.153. The van der Waals surface area contributed by atoms with E-state index in [0.29, 0.717) is 6.42 Å². The van der Waals surface area contributed by atoms with Crippen LogP contribution in [0.2, 0.25) is 0 Å². The highest BCUT2D eigenvalue weighted by molar-refractivity contribution is 7.91. The van der Waals surface area contributed by atoms with Crippen LogP contribution in [0.4, 0.5) is 4.79 Å². The number of hydrogen-bond donors (Lipinski definition) is 2. The first-order valence-electron chi connectivity index (χ1n) is 15.6. The molecule has 1 heterocycles. The molecule has 0 saturated heterocycles. The average Bonchev–Trinajstić information content (AvgIpc) is 3.50. The van der Waals surface area contributed by atoms with Crippen molar-refractivity contribution in [1.29, 1.82) is 0 Å². The maximum atomic E-state index is 14.8. The molecule has 0 aliphatic carbocycles. The third kappa shape index (κ3) is 8.75. The Morgan fingerprint density at radius 1 is 1.00 bits per heavy atom. The number of benzene rings is 3. The van der Waals surface area contributed by atoms with Gasteiger partial charge in [0.2, 0.25) is 0 Å². The minimum atomic E-state index is -3.73. The molecule has 0 unspecified atom stereocenters. The van der Waals surface area contributed by atoms with Gasteiger partial charge in [-0.25, -0.2) is 28.6 Å². The van der Waals surface area contributed by atoms with Crippen LogP contribution in [0.1, 0.15) is 52.2 Å². The summed E-state index contributed by atoms with van der Waals surface area (Å²) in [4.78, 5) is 32.2. The Bertz CT molecular complexity index is 1740. The molecule has 10 nitrogen and oxygen atoms in total. The lowest BCUT2D eigenvalue weighted by molar-refractivity contribution is -0.221. The molecule has 0 aliphatic rings. The zero-order valence-corrected chi connectivity index (χ0v) is 29.2. The molecule has 0 spiro atoms. The van der Waals surface area contributed by atoms with Gasteiger partial charge in [0, 0.05) is 19.5 Å². The molecule has 0 saturated carbocycles. The fourth-order valence-electron chi connectivity index (χ4n) is 5.67. The SMILES string of the molecule is CCCN(NC(=O)OCc1ccccc1)C(=O)[C@@](Cc1ccccc1)(N(O)C[C@@H](C)CS(=O)(=O)c1ccc2ncsc2c1)C(C)(C)C. The summed E-state index contributed by atoms with van der Waals surface area (Å²) in [7, 11) is -3.73. The van der Waals surface area contributed by atoms with E-state index < -0.39 is 38.7 Å². The number of carbonyl (C=O) groups excluding carboxylic acids is 2. The number of nitrogens with zero attached hydrogens (tertiary/aromatic N) is 3. The summed E-state index contributed by atoms with van der Waals surface area (Å²) < 4.78 is 33.2. The number of thiazole rings is 1. The number of fused-ring (bicyclic) bond motifs is 1. The first kappa shape index (κ1) is 36.0. The van der Waals surface area contributed by atoms with Gasteiger partial charge in [-0.1, -0.05) is 95.3 Å². The van der Waals surface area contributed by atoms with Gasteiger partial charge < -0.3 is 9.94 Å². The van der Waals surface area contributed by atoms with Gasteiger partial charge in [-0.3, -0.25) is 4.79 Å². The number of aromatic nitrogens is 1. The number of hydrazine groups is 1. The van der Waals surface area contributed by atoms with E-state index in [9.17, 15) is 23.2 Å². The fourth-order valence-corrected chi connectivity index (χ4v) is 8.08. The number of rotatable bonds is 13. The van der Waals surface area contributed by atoms with E-state index in [-0.39, 0.29) is 36.8 Å². The number of hydroxylamine groups is 2. The second-order valence-electron chi connectivity index (χ2n) is 12.9. The Morgan fingerprint density at radius 2 is 1.64 bits per heavy atom. The lowest BCUT2D eigenvalue weighted by Crippen LogP contribution is -2.69. The van der Waals surface area contributed by atoms with Gasteiger partial charge >= 0.3 is 6.09 Å². The lowest BCUT2D eigenvalue weighted by Gasteiger charge is -2.50. The molecule has 2 N–H and O–H groups in total. The molecule has 2 atom stereocenters. The third-order valence-electron chi connectivity index (χ3n) is 8.12. The average molecular weight is 681 g/mol. The molecule has 0 radical (unpaired) electrons. The van der Waals surface area contributed by atoms with Gasteiger partial charge in [-0.15, -0.1) is 11.3 Å². The van der Waals surface area contributed by atoms with Crippen LogP contribution < -0.4 is 5.43 Å². The van der Waals surface area contributed by atoms with Crippen LogP contribution in [0, 0.1) is 11.3 Å². The normalized spacial score (nSPS) is 14.0. The van der Waals surface area contributed by atoms with Crippen LogP contribution in [0.25, 0.3) is 10.2 Å². The minimum absolute atomic E-state index is 0.0172. The molecule has 4 aromatic rings. The lowest BCUT2D eigenvalue weighted by atomic mass is 9.68. The highest BCUT2D eigenvalue weighted by Crippen LogP contribution is 2.40. The molecule has 1 aromatic heterocycles. The Labute approximate surface area is 281 Å². The summed E-state index contributed by atoms with van der Waals surface area (Å²) in [6, 6.07) is 23.4. The summed E-state index contributed by atoms with van der Waals surface area (Å²) in [5, 5.41) is 14.2. The van der Waals surface area contributed by atoms with Crippen molar-refractivity contribution in [3.05, 3.63) is 95.5 Å². The van der Waals surface area contributed by atoms with E-state index >= 15 is 0 Å². The summed E-state index contributed by atoms with van der Waals surface area (Å²) in [5.41, 5.74) is 4.08. The van der Waals surface area contributed by atoms with Gasteiger partial charge in [-0.2, -0.15) is 5.06 Å². The van der Waals surface area contributed by atoms with Crippen molar-refractivity contribution in [3.63, 3.8) is 0 Å². The molecule has 12 heteroatoms. The maximum absolute atomic E-state index is 14.8. The zero-order valence-electron chi connectivity index (χ0n) is 27.5. The van der Waals surface area contributed by atoms with Crippen molar-refractivity contribution in [1.82, 2.24) is 20.5 Å². The standard InChI is InChI=1S/C35H44N4O6S2/c1-6-19-38(37-33(41)45-23-28-15-11-8-12-16-28)32(40)35(34(3,4)5,21-27-13-9-7-10-14-27)39(42)22-26(2)24-47(43,44)29-17-18-30-31(20-29)46-25-36-30/h7-18,20,25-26,42H,6,19,21-24H2,1-5H3,(H,37,41)/t26-,35-/m1/s1. The van der Waals surface area contributed by atoms with Crippen molar-refractivity contribution in [2.45, 2.75) is 64.5 Å². The fraction of sp³-hybridized carbons (Fsp3) is 0.400. The second-order valence-corrected chi connectivity index (χ2v) is 15.8. The van der Waals surface area contributed by atoms with Crippen LogP contribution in [0.15, 0.2) is 89.3 Å². The Balaban J connectivity index is 1.63. The number of sulfone groups is 1. The van der Waals surface area contributed by atoms with Crippen molar-refractivity contribution in [2.75, 3.05) is 18.8 Å². The van der Waals surface area contributed by atoms with E-state index in [0.717, 1.165) is 26.4 Å². The number of nitrogens with one attached hydrogen (secondary N) is 1.